The topological polar surface area (TPSA) is 28.2 Å². The van der Waals surface area contributed by atoms with Gasteiger partial charge in [-0.25, -0.2) is 4.98 Å². The molecule has 120 valence electrons. The molecule has 0 saturated heterocycles. The summed E-state index contributed by atoms with van der Waals surface area (Å²) in [5.74, 6) is 1.13. The number of hydrogen-bond donors (Lipinski definition) is 1. The third-order valence-electron chi connectivity index (χ3n) is 3.71. The fourth-order valence-electron chi connectivity index (χ4n) is 2.27. The average Bonchev–Trinajstić information content (AvgIpc) is 2.45. The largest absolute Gasteiger partial charge is 0.357 e. The normalized spacial score (nSPS) is 11.7. The van der Waals surface area contributed by atoms with Crippen molar-refractivity contribution < 1.29 is 0 Å². The van der Waals surface area contributed by atoms with E-state index in [-0.39, 0.29) is 5.41 Å². The molecular formula is C18H33N3. The maximum Gasteiger partial charge on any atom is 0.129 e. The predicted molar refractivity (Wildman–Crippen MR) is 93.1 cm³/mol. The molecule has 0 aliphatic carbocycles. The van der Waals surface area contributed by atoms with Crippen molar-refractivity contribution in [1.82, 2.24) is 10.3 Å². The zero-order chi connectivity index (χ0) is 15.9. The smallest absolute Gasteiger partial charge is 0.129 e. The number of rotatable bonds is 8. The highest BCUT2D eigenvalue weighted by Crippen LogP contribution is 2.25. The molecule has 0 aliphatic rings. The van der Waals surface area contributed by atoms with Gasteiger partial charge in [0.15, 0.2) is 0 Å². The highest BCUT2D eigenvalue weighted by atomic mass is 15.2. The Balaban J connectivity index is 3.10. The molecule has 0 bridgehead atoms. The van der Waals surface area contributed by atoms with Gasteiger partial charge in [0.25, 0.3) is 0 Å². The van der Waals surface area contributed by atoms with Crippen molar-refractivity contribution in [2.45, 2.75) is 66.3 Å². The molecule has 0 saturated carbocycles. The number of nitrogens with zero attached hydrogens (tertiary/aromatic N) is 2. The molecule has 1 rings (SSSR count). The number of nitrogens with one attached hydrogen (secondary N) is 1. The van der Waals surface area contributed by atoms with E-state index in [1.165, 1.54) is 24.1 Å². The van der Waals surface area contributed by atoms with Crippen LogP contribution in [0.1, 0.15) is 65.6 Å². The van der Waals surface area contributed by atoms with E-state index in [2.05, 4.69) is 63.9 Å². The van der Waals surface area contributed by atoms with Crippen molar-refractivity contribution in [3.8, 4) is 0 Å². The Morgan fingerprint density at radius 3 is 2.38 bits per heavy atom. The second kappa shape index (κ2) is 8.38. The Hall–Kier alpha value is -1.09. The molecule has 3 nitrogen and oxygen atoms in total. The van der Waals surface area contributed by atoms with Crippen LogP contribution in [0, 0.1) is 0 Å². The molecule has 0 aromatic carbocycles. The van der Waals surface area contributed by atoms with Gasteiger partial charge in [-0.2, -0.15) is 0 Å². The lowest BCUT2D eigenvalue weighted by Crippen LogP contribution is -2.27. The molecule has 1 heterocycles. The summed E-state index contributed by atoms with van der Waals surface area (Å²) in [7, 11) is 0. The van der Waals surface area contributed by atoms with Gasteiger partial charge in [-0.05, 0) is 37.6 Å². The molecule has 0 aliphatic heterocycles. The van der Waals surface area contributed by atoms with Gasteiger partial charge in [-0.15, -0.1) is 0 Å². The first kappa shape index (κ1) is 18.0. The highest BCUT2D eigenvalue weighted by molar-refractivity contribution is 5.44. The van der Waals surface area contributed by atoms with E-state index >= 15 is 0 Å². The van der Waals surface area contributed by atoms with Gasteiger partial charge in [0.2, 0.25) is 0 Å². The van der Waals surface area contributed by atoms with E-state index in [1.54, 1.807) is 0 Å². The standard InChI is InChI=1S/C18H33N3/c1-7-10-11-21(9-3)17-13-15(14-19-8-2)12-16(20-17)18(4,5)6/h12-13,19H,7-11,14H2,1-6H3. The van der Waals surface area contributed by atoms with Crippen LogP contribution < -0.4 is 10.2 Å². The molecule has 0 spiro atoms. The summed E-state index contributed by atoms with van der Waals surface area (Å²) in [6.07, 6.45) is 2.44. The second-order valence-electron chi connectivity index (χ2n) is 6.68. The second-order valence-corrected chi connectivity index (χ2v) is 6.68. The number of pyridine rings is 1. The van der Waals surface area contributed by atoms with Crippen LogP contribution in [0.25, 0.3) is 0 Å². The van der Waals surface area contributed by atoms with Crippen molar-refractivity contribution in [1.29, 1.82) is 0 Å². The first-order valence-corrected chi connectivity index (χ1v) is 8.39. The Bertz CT molecular complexity index is 421. The fourth-order valence-corrected chi connectivity index (χ4v) is 2.27. The van der Waals surface area contributed by atoms with Gasteiger partial charge in [0.05, 0.1) is 0 Å². The third-order valence-corrected chi connectivity index (χ3v) is 3.71. The predicted octanol–water partition coefficient (Wildman–Crippen LogP) is 4.12. The van der Waals surface area contributed by atoms with E-state index in [9.17, 15) is 0 Å². The van der Waals surface area contributed by atoms with Crippen LogP contribution in [-0.4, -0.2) is 24.6 Å². The molecular weight excluding hydrogens is 258 g/mol. The van der Waals surface area contributed by atoms with Crippen molar-refractivity contribution in [3.05, 3.63) is 23.4 Å². The summed E-state index contributed by atoms with van der Waals surface area (Å²) in [4.78, 5) is 7.33. The Morgan fingerprint density at radius 1 is 1.14 bits per heavy atom. The Kier molecular flexibility index (Phi) is 7.16. The van der Waals surface area contributed by atoms with E-state index in [1.807, 2.05) is 0 Å². The first-order chi connectivity index (χ1) is 9.92. The van der Waals surface area contributed by atoms with Gasteiger partial charge in [-0.3, -0.25) is 0 Å². The molecule has 0 unspecified atom stereocenters. The van der Waals surface area contributed by atoms with Crippen molar-refractivity contribution in [2.24, 2.45) is 0 Å². The van der Waals surface area contributed by atoms with Crippen molar-refractivity contribution in [3.63, 3.8) is 0 Å². The van der Waals surface area contributed by atoms with Gasteiger partial charge >= 0.3 is 0 Å². The van der Waals surface area contributed by atoms with E-state index in [0.29, 0.717) is 0 Å². The molecule has 1 aromatic rings. The van der Waals surface area contributed by atoms with Crippen LogP contribution in [0.5, 0.6) is 0 Å². The van der Waals surface area contributed by atoms with E-state index < -0.39 is 0 Å². The number of anilines is 1. The molecule has 21 heavy (non-hydrogen) atoms. The van der Waals surface area contributed by atoms with E-state index in [0.717, 1.165) is 32.0 Å². The molecule has 0 amide bonds. The molecule has 0 atom stereocenters. The van der Waals surface area contributed by atoms with Crippen LogP contribution in [-0.2, 0) is 12.0 Å². The highest BCUT2D eigenvalue weighted by Gasteiger charge is 2.18. The van der Waals surface area contributed by atoms with Gasteiger partial charge in [0, 0.05) is 30.7 Å². The summed E-state index contributed by atoms with van der Waals surface area (Å²) in [6, 6.07) is 4.50. The molecule has 1 N–H and O–H groups in total. The minimum atomic E-state index is 0.0845. The number of aromatic nitrogens is 1. The van der Waals surface area contributed by atoms with Gasteiger partial charge in [0.1, 0.15) is 5.82 Å². The summed E-state index contributed by atoms with van der Waals surface area (Å²) in [5, 5.41) is 3.42. The Morgan fingerprint density at radius 2 is 1.86 bits per heavy atom. The van der Waals surface area contributed by atoms with Crippen LogP contribution in [0.3, 0.4) is 0 Å². The lowest BCUT2D eigenvalue weighted by atomic mass is 9.90. The minimum Gasteiger partial charge on any atom is -0.357 e. The molecule has 1 aromatic heterocycles. The van der Waals surface area contributed by atoms with Crippen LogP contribution in [0.4, 0.5) is 5.82 Å². The van der Waals surface area contributed by atoms with Crippen LogP contribution >= 0.6 is 0 Å². The zero-order valence-corrected chi connectivity index (χ0v) is 14.8. The third kappa shape index (κ3) is 5.66. The number of hydrogen-bond acceptors (Lipinski definition) is 3. The zero-order valence-electron chi connectivity index (χ0n) is 14.8. The summed E-state index contributed by atoms with van der Waals surface area (Å²) in [5.41, 5.74) is 2.60. The number of unbranched alkanes of at least 4 members (excludes halogenated alkanes) is 1. The summed E-state index contributed by atoms with van der Waals surface area (Å²) in [6.45, 7) is 17.3. The fraction of sp³-hybridized carbons (Fsp3) is 0.722. The lowest BCUT2D eigenvalue weighted by Gasteiger charge is -2.26. The van der Waals surface area contributed by atoms with Gasteiger partial charge < -0.3 is 10.2 Å². The molecule has 0 fully saturated rings. The van der Waals surface area contributed by atoms with E-state index in [4.69, 9.17) is 4.98 Å². The summed E-state index contributed by atoms with van der Waals surface area (Å²) >= 11 is 0. The van der Waals surface area contributed by atoms with Crippen LogP contribution in [0.2, 0.25) is 0 Å². The monoisotopic (exact) mass is 291 g/mol. The van der Waals surface area contributed by atoms with Crippen LogP contribution in [0.15, 0.2) is 12.1 Å². The first-order valence-electron chi connectivity index (χ1n) is 8.39. The Labute approximate surface area is 131 Å². The van der Waals surface area contributed by atoms with Crippen molar-refractivity contribution >= 4 is 5.82 Å². The lowest BCUT2D eigenvalue weighted by molar-refractivity contribution is 0.564. The quantitative estimate of drug-likeness (QED) is 0.781. The molecule has 0 radical (unpaired) electrons. The van der Waals surface area contributed by atoms with Gasteiger partial charge in [-0.1, -0.05) is 41.0 Å². The maximum absolute atomic E-state index is 4.93. The SMILES string of the molecule is CCCCN(CC)c1cc(CNCC)cc(C(C)(C)C)n1. The minimum absolute atomic E-state index is 0.0845. The summed E-state index contributed by atoms with van der Waals surface area (Å²) < 4.78 is 0. The molecule has 3 heteroatoms. The average molecular weight is 291 g/mol. The van der Waals surface area contributed by atoms with Crippen molar-refractivity contribution in [2.75, 3.05) is 24.5 Å². The maximum atomic E-state index is 4.93.